The van der Waals surface area contributed by atoms with E-state index in [4.69, 9.17) is 14.2 Å². The third-order valence-electron chi connectivity index (χ3n) is 3.87. The number of nitrogens with zero attached hydrogens (tertiary/aromatic N) is 4. The van der Waals surface area contributed by atoms with Crippen LogP contribution in [0.2, 0.25) is 0 Å². The largest absolute Gasteiger partial charge is 0.503 e. The van der Waals surface area contributed by atoms with Gasteiger partial charge in [-0.05, 0) is 26.0 Å². The van der Waals surface area contributed by atoms with Crippen LogP contribution in [0.5, 0.6) is 11.8 Å². The summed E-state index contributed by atoms with van der Waals surface area (Å²) < 4.78 is 17.5. The second kappa shape index (κ2) is 8.34. The van der Waals surface area contributed by atoms with Crippen molar-refractivity contribution in [3.05, 3.63) is 65.9 Å². The Morgan fingerprint density at radius 3 is 2.50 bits per heavy atom. The summed E-state index contributed by atoms with van der Waals surface area (Å²) in [6, 6.07) is 11.3. The first-order valence-corrected chi connectivity index (χ1v) is 8.49. The Morgan fingerprint density at radius 1 is 1.07 bits per heavy atom. The molecule has 8 heteroatoms. The van der Waals surface area contributed by atoms with Crippen molar-refractivity contribution in [2.75, 3.05) is 14.2 Å². The summed E-state index contributed by atoms with van der Waals surface area (Å²) in [7, 11) is 2.73. The van der Waals surface area contributed by atoms with Gasteiger partial charge in [-0.1, -0.05) is 18.2 Å². The SMILES string of the molecule is COC=C(C(=O)OC)c1c(C)nc(C)nc1Oc1ccn(-c2ccccc2)n1. The first kappa shape index (κ1) is 19.1. The second-order valence-electron chi connectivity index (χ2n) is 5.83. The van der Waals surface area contributed by atoms with Crippen molar-refractivity contribution >= 4 is 11.5 Å². The van der Waals surface area contributed by atoms with Crippen LogP contribution in [0.3, 0.4) is 0 Å². The molecule has 2 aromatic heterocycles. The van der Waals surface area contributed by atoms with E-state index in [2.05, 4.69) is 15.1 Å². The Bertz CT molecular complexity index is 1010. The molecule has 28 heavy (non-hydrogen) atoms. The number of hydrogen-bond acceptors (Lipinski definition) is 7. The van der Waals surface area contributed by atoms with Gasteiger partial charge in [0.1, 0.15) is 11.4 Å². The number of esters is 1. The average molecular weight is 380 g/mol. The number of ether oxygens (including phenoxy) is 3. The first-order valence-electron chi connectivity index (χ1n) is 8.49. The molecular weight excluding hydrogens is 360 g/mol. The Kier molecular flexibility index (Phi) is 5.69. The second-order valence-corrected chi connectivity index (χ2v) is 5.83. The summed E-state index contributed by atoms with van der Waals surface area (Å²) in [6.45, 7) is 3.50. The molecule has 0 atom stereocenters. The monoisotopic (exact) mass is 380 g/mol. The van der Waals surface area contributed by atoms with Crippen LogP contribution in [-0.4, -0.2) is 39.9 Å². The highest BCUT2D eigenvalue weighted by molar-refractivity contribution is 6.17. The van der Waals surface area contributed by atoms with E-state index in [1.165, 1.54) is 20.5 Å². The number of aryl methyl sites for hydroxylation is 2. The fourth-order valence-electron chi connectivity index (χ4n) is 2.69. The van der Waals surface area contributed by atoms with Crippen LogP contribution in [-0.2, 0) is 14.3 Å². The van der Waals surface area contributed by atoms with Crippen molar-refractivity contribution in [3.63, 3.8) is 0 Å². The summed E-state index contributed by atoms with van der Waals surface area (Å²) in [5, 5.41) is 4.41. The zero-order valence-corrected chi connectivity index (χ0v) is 16.0. The van der Waals surface area contributed by atoms with E-state index in [9.17, 15) is 4.79 Å². The highest BCUT2D eigenvalue weighted by Gasteiger charge is 2.24. The van der Waals surface area contributed by atoms with Gasteiger partial charge >= 0.3 is 5.97 Å². The Morgan fingerprint density at radius 2 is 1.82 bits per heavy atom. The minimum atomic E-state index is -0.586. The molecule has 0 saturated carbocycles. The molecule has 0 aliphatic carbocycles. The van der Waals surface area contributed by atoms with E-state index < -0.39 is 5.97 Å². The molecular formula is C20H20N4O4. The van der Waals surface area contributed by atoms with Crippen molar-refractivity contribution in [1.29, 1.82) is 0 Å². The van der Waals surface area contributed by atoms with Gasteiger partial charge in [-0.15, -0.1) is 5.10 Å². The molecule has 0 radical (unpaired) electrons. The third kappa shape index (κ3) is 4.01. The van der Waals surface area contributed by atoms with Crippen LogP contribution in [0.1, 0.15) is 17.1 Å². The normalized spacial score (nSPS) is 11.2. The fraction of sp³-hybridized carbons (Fsp3) is 0.200. The van der Waals surface area contributed by atoms with Crippen LogP contribution >= 0.6 is 0 Å². The summed E-state index contributed by atoms with van der Waals surface area (Å²) in [5.41, 5.74) is 1.98. The van der Waals surface area contributed by atoms with Crippen molar-refractivity contribution in [3.8, 4) is 17.4 Å². The molecule has 0 aliphatic heterocycles. The lowest BCUT2D eigenvalue weighted by atomic mass is 10.1. The number of hydrogen-bond donors (Lipinski definition) is 0. The lowest BCUT2D eigenvalue weighted by Crippen LogP contribution is -2.10. The number of para-hydroxylation sites is 1. The van der Waals surface area contributed by atoms with Gasteiger partial charge < -0.3 is 14.2 Å². The molecule has 0 N–H and O–H groups in total. The molecule has 2 heterocycles. The summed E-state index contributed by atoms with van der Waals surface area (Å²) in [4.78, 5) is 20.9. The van der Waals surface area contributed by atoms with Gasteiger partial charge in [0, 0.05) is 12.3 Å². The highest BCUT2D eigenvalue weighted by Crippen LogP contribution is 2.31. The van der Waals surface area contributed by atoms with E-state index in [0.29, 0.717) is 23.0 Å². The summed E-state index contributed by atoms with van der Waals surface area (Å²) >= 11 is 0. The molecule has 0 aliphatic rings. The molecule has 0 fully saturated rings. The number of carbonyl (C=O) groups excluding carboxylic acids is 1. The Labute approximate surface area is 162 Å². The van der Waals surface area contributed by atoms with Gasteiger partial charge in [-0.2, -0.15) is 4.98 Å². The zero-order chi connectivity index (χ0) is 20.1. The van der Waals surface area contributed by atoms with Crippen LogP contribution in [0.4, 0.5) is 0 Å². The van der Waals surface area contributed by atoms with E-state index in [1.807, 2.05) is 30.3 Å². The predicted octanol–water partition coefficient (Wildman–Crippen LogP) is 3.23. The maximum atomic E-state index is 12.2. The van der Waals surface area contributed by atoms with Gasteiger partial charge in [-0.3, -0.25) is 0 Å². The van der Waals surface area contributed by atoms with Crippen LogP contribution in [0.15, 0.2) is 48.9 Å². The van der Waals surface area contributed by atoms with Gasteiger partial charge in [0.15, 0.2) is 0 Å². The molecule has 8 nitrogen and oxygen atoms in total. The molecule has 0 saturated heterocycles. The van der Waals surface area contributed by atoms with Crippen molar-refractivity contribution in [2.45, 2.75) is 13.8 Å². The van der Waals surface area contributed by atoms with Gasteiger partial charge in [0.25, 0.3) is 0 Å². The van der Waals surface area contributed by atoms with Crippen molar-refractivity contribution in [1.82, 2.24) is 19.7 Å². The topological polar surface area (TPSA) is 88.4 Å². The molecule has 144 valence electrons. The molecule has 1 aromatic carbocycles. The van der Waals surface area contributed by atoms with Gasteiger partial charge in [-0.25, -0.2) is 14.5 Å². The third-order valence-corrected chi connectivity index (χ3v) is 3.87. The van der Waals surface area contributed by atoms with E-state index in [-0.39, 0.29) is 11.5 Å². The molecule has 3 aromatic rings. The Balaban J connectivity index is 2.02. The molecule has 0 amide bonds. The van der Waals surface area contributed by atoms with Crippen LogP contribution in [0.25, 0.3) is 11.3 Å². The molecule has 0 unspecified atom stereocenters. The number of rotatable bonds is 6. The maximum absolute atomic E-state index is 12.2. The molecule has 3 rings (SSSR count). The van der Waals surface area contributed by atoms with Crippen LogP contribution in [0, 0.1) is 13.8 Å². The average Bonchev–Trinajstić information content (AvgIpc) is 3.15. The lowest BCUT2D eigenvalue weighted by Gasteiger charge is -2.13. The number of methoxy groups -OCH3 is 2. The highest BCUT2D eigenvalue weighted by atomic mass is 16.5. The van der Waals surface area contributed by atoms with E-state index in [0.717, 1.165) is 5.69 Å². The first-order chi connectivity index (χ1) is 13.5. The zero-order valence-electron chi connectivity index (χ0n) is 16.0. The summed E-state index contributed by atoms with van der Waals surface area (Å²) in [5.74, 6) is 0.429. The lowest BCUT2D eigenvalue weighted by molar-refractivity contribution is -0.133. The van der Waals surface area contributed by atoms with Gasteiger partial charge in [0.05, 0.1) is 37.4 Å². The molecule has 0 bridgehead atoms. The van der Waals surface area contributed by atoms with E-state index >= 15 is 0 Å². The number of benzene rings is 1. The Hall–Kier alpha value is -3.68. The molecule has 0 spiro atoms. The quantitative estimate of drug-likeness (QED) is 0.368. The number of aromatic nitrogens is 4. The maximum Gasteiger partial charge on any atom is 0.341 e. The van der Waals surface area contributed by atoms with Gasteiger partial charge in [0.2, 0.25) is 11.8 Å². The van der Waals surface area contributed by atoms with Crippen molar-refractivity contribution < 1.29 is 19.0 Å². The minimum absolute atomic E-state index is 0.153. The smallest absolute Gasteiger partial charge is 0.341 e. The number of carbonyl (C=O) groups is 1. The van der Waals surface area contributed by atoms with E-state index in [1.54, 1.807) is 30.8 Å². The standard InChI is InChI=1S/C20H20N4O4/c1-13-18(16(12-26-3)20(25)27-4)19(22-14(2)21-13)28-17-10-11-24(23-17)15-8-6-5-7-9-15/h5-12H,1-4H3. The van der Waals surface area contributed by atoms with Crippen molar-refractivity contribution in [2.24, 2.45) is 0 Å². The van der Waals surface area contributed by atoms with Crippen LogP contribution < -0.4 is 4.74 Å². The minimum Gasteiger partial charge on any atom is -0.503 e. The fourth-order valence-corrected chi connectivity index (χ4v) is 2.69. The summed E-state index contributed by atoms with van der Waals surface area (Å²) in [6.07, 6.45) is 3.06. The predicted molar refractivity (Wildman–Crippen MR) is 102 cm³/mol.